The molecule has 13 heteroatoms. The number of nitrogens with two attached hydrogens (primary N) is 1. The number of ketones is 1. The number of amides is 1. The number of halogens is 6. The van der Waals surface area contributed by atoms with E-state index in [1.165, 1.54) is 0 Å². The van der Waals surface area contributed by atoms with E-state index >= 15 is 0 Å². The number of nitrogens with one attached hydrogen (secondary N) is 1. The summed E-state index contributed by atoms with van der Waals surface area (Å²) in [5, 5.41) is 7.38. The SMILES string of the molecule is NS(=O)(=O)c1cc(C(=O)C2CCC[C@@H]2C(=O)N[C@@H](c2ccc(C(F)(F)F)cc2F)C2CC2)c(Cl)cc1F. The molecule has 0 radical (unpaired) electrons. The molecule has 0 saturated heterocycles. The second-order valence-corrected chi connectivity index (χ2v) is 11.3. The third-order valence-electron chi connectivity index (χ3n) is 6.84. The van der Waals surface area contributed by atoms with Crippen LogP contribution in [0.1, 0.15) is 59.6 Å². The highest BCUT2D eigenvalue weighted by atomic mass is 35.5. The van der Waals surface area contributed by atoms with Gasteiger partial charge in [0.1, 0.15) is 16.5 Å². The molecule has 3 N–H and O–H groups in total. The topological polar surface area (TPSA) is 106 Å². The predicted octanol–water partition coefficient (Wildman–Crippen LogP) is 5.15. The van der Waals surface area contributed by atoms with Crippen LogP contribution < -0.4 is 10.5 Å². The third kappa shape index (κ3) is 5.80. The summed E-state index contributed by atoms with van der Waals surface area (Å²) in [5.74, 6) is -5.56. The lowest BCUT2D eigenvalue weighted by atomic mass is 9.87. The predicted molar refractivity (Wildman–Crippen MR) is 123 cm³/mol. The van der Waals surface area contributed by atoms with Gasteiger partial charge in [-0.3, -0.25) is 9.59 Å². The molecule has 2 aliphatic rings. The summed E-state index contributed by atoms with van der Waals surface area (Å²) < 4.78 is 91.0. The van der Waals surface area contributed by atoms with Gasteiger partial charge in [-0.25, -0.2) is 22.3 Å². The van der Waals surface area contributed by atoms with Crippen LogP contribution in [0.15, 0.2) is 35.2 Å². The first-order chi connectivity index (χ1) is 17.2. The van der Waals surface area contributed by atoms with Crippen LogP contribution in [0.5, 0.6) is 0 Å². The average molecular weight is 565 g/mol. The van der Waals surface area contributed by atoms with Crippen molar-refractivity contribution >= 4 is 33.3 Å². The third-order valence-corrected chi connectivity index (χ3v) is 8.08. The molecule has 3 atom stereocenters. The molecule has 1 unspecified atom stereocenters. The van der Waals surface area contributed by atoms with E-state index in [2.05, 4.69) is 5.32 Å². The molecule has 4 rings (SSSR count). The van der Waals surface area contributed by atoms with E-state index in [0.29, 0.717) is 31.4 Å². The van der Waals surface area contributed by atoms with Crippen molar-refractivity contribution in [3.8, 4) is 0 Å². The lowest BCUT2D eigenvalue weighted by molar-refractivity contribution is -0.137. The number of hydrogen-bond acceptors (Lipinski definition) is 4. The van der Waals surface area contributed by atoms with E-state index in [1.54, 1.807) is 0 Å². The van der Waals surface area contributed by atoms with E-state index in [9.17, 15) is 40.0 Å². The lowest BCUT2D eigenvalue weighted by Crippen LogP contribution is -2.38. The first-order valence-electron chi connectivity index (χ1n) is 11.4. The van der Waals surface area contributed by atoms with Crippen molar-refractivity contribution in [1.29, 1.82) is 0 Å². The molecule has 0 spiro atoms. The fraction of sp³-hybridized carbons (Fsp3) is 0.417. The molecule has 2 fully saturated rings. The monoisotopic (exact) mass is 564 g/mol. The second-order valence-electron chi connectivity index (χ2n) is 9.37. The molecule has 6 nitrogen and oxygen atoms in total. The highest BCUT2D eigenvalue weighted by Gasteiger charge is 2.42. The Bertz CT molecular complexity index is 1360. The standard InChI is InChI=1S/C24H22ClF5N2O4S/c25-17-10-19(27)20(37(31,35)36)9-16(17)22(33)13-2-1-3-14(13)23(34)32-21(11-4-5-11)15-7-6-12(8-18(15)26)24(28,29)30/h6-11,13-14,21H,1-5H2,(H,32,34)(H2,31,35,36)/t13?,14-,21+/m0/s1. The number of carbonyl (C=O) groups excluding carboxylic acids is 2. The Morgan fingerprint density at radius 2 is 1.65 bits per heavy atom. The normalized spacial score (nSPS) is 21.1. The Balaban J connectivity index is 1.58. The van der Waals surface area contributed by atoms with Gasteiger partial charge in [-0.2, -0.15) is 13.2 Å². The maximum atomic E-state index is 14.7. The Labute approximate surface area is 214 Å². The van der Waals surface area contributed by atoms with Gasteiger partial charge in [-0.1, -0.05) is 24.1 Å². The van der Waals surface area contributed by atoms with Gasteiger partial charge in [0.05, 0.1) is 16.6 Å². The number of alkyl halides is 3. The average Bonchev–Trinajstić information content (AvgIpc) is 3.50. The van der Waals surface area contributed by atoms with E-state index < -0.39 is 67.9 Å². The number of Topliss-reactive ketones (excluding diaryl/α,β-unsaturated/α-hetero) is 1. The van der Waals surface area contributed by atoms with Gasteiger partial charge >= 0.3 is 6.18 Å². The summed E-state index contributed by atoms with van der Waals surface area (Å²) >= 11 is 6.01. The van der Waals surface area contributed by atoms with Crippen LogP contribution >= 0.6 is 11.6 Å². The van der Waals surface area contributed by atoms with Crippen LogP contribution in [0.25, 0.3) is 0 Å². The van der Waals surface area contributed by atoms with Crippen molar-refractivity contribution in [1.82, 2.24) is 5.32 Å². The van der Waals surface area contributed by atoms with Crippen molar-refractivity contribution in [2.75, 3.05) is 0 Å². The van der Waals surface area contributed by atoms with E-state index in [1.807, 2.05) is 0 Å². The first-order valence-corrected chi connectivity index (χ1v) is 13.3. The molecule has 2 aromatic carbocycles. The maximum absolute atomic E-state index is 14.7. The first kappa shape index (κ1) is 27.5. The molecule has 0 bridgehead atoms. The number of benzene rings is 2. The summed E-state index contributed by atoms with van der Waals surface area (Å²) in [6.07, 6.45) is -2.42. The van der Waals surface area contributed by atoms with Crippen LogP contribution in [0, 0.1) is 29.4 Å². The molecule has 200 valence electrons. The minimum absolute atomic E-state index is 0.0795. The Kier molecular flexibility index (Phi) is 7.39. The Morgan fingerprint density at radius 1 is 1.00 bits per heavy atom. The van der Waals surface area contributed by atoms with Gasteiger partial charge in [0.25, 0.3) is 0 Å². The van der Waals surface area contributed by atoms with Crippen molar-refractivity contribution in [2.45, 2.75) is 49.2 Å². The van der Waals surface area contributed by atoms with Gasteiger partial charge in [-0.15, -0.1) is 0 Å². The van der Waals surface area contributed by atoms with Crippen LogP contribution in [-0.4, -0.2) is 20.1 Å². The molecule has 2 saturated carbocycles. The highest BCUT2D eigenvalue weighted by Crippen LogP contribution is 2.44. The molecule has 1 amide bonds. The van der Waals surface area contributed by atoms with E-state index in [4.69, 9.17) is 16.7 Å². The number of primary sulfonamides is 1. The van der Waals surface area contributed by atoms with E-state index in [-0.39, 0.29) is 34.9 Å². The number of sulfonamides is 1. The van der Waals surface area contributed by atoms with Crippen molar-refractivity contribution in [3.05, 3.63) is 63.7 Å². The molecule has 37 heavy (non-hydrogen) atoms. The second kappa shape index (κ2) is 9.95. The van der Waals surface area contributed by atoms with Crippen molar-refractivity contribution < 1.29 is 40.0 Å². The van der Waals surface area contributed by atoms with Gasteiger partial charge < -0.3 is 5.32 Å². The van der Waals surface area contributed by atoms with Crippen LogP contribution in [-0.2, 0) is 21.0 Å². The summed E-state index contributed by atoms with van der Waals surface area (Å²) in [4.78, 5) is 25.6. The van der Waals surface area contributed by atoms with E-state index in [0.717, 1.165) is 18.2 Å². The zero-order valence-corrected chi connectivity index (χ0v) is 20.7. The van der Waals surface area contributed by atoms with Gasteiger partial charge in [0.2, 0.25) is 15.9 Å². The summed E-state index contributed by atoms with van der Waals surface area (Å²) in [5.41, 5.74) is -1.53. The quantitative estimate of drug-likeness (QED) is 0.358. The Hall–Kier alpha value is -2.57. The summed E-state index contributed by atoms with van der Waals surface area (Å²) in [6.45, 7) is 0. The van der Waals surface area contributed by atoms with Crippen LogP contribution in [0.4, 0.5) is 22.0 Å². The summed E-state index contributed by atoms with van der Waals surface area (Å²) in [7, 11) is -4.50. The molecule has 2 aromatic rings. The molecular formula is C24H22ClF5N2O4S. The molecule has 0 aromatic heterocycles. The maximum Gasteiger partial charge on any atom is 0.416 e. The zero-order chi connectivity index (χ0) is 27.3. The van der Waals surface area contributed by atoms with Gasteiger partial charge in [0, 0.05) is 23.0 Å². The number of hydrogen-bond donors (Lipinski definition) is 2. The minimum Gasteiger partial charge on any atom is -0.349 e. The fourth-order valence-corrected chi connectivity index (χ4v) is 5.67. The van der Waals surface area contributed by atoms with Crippen molar-refractivity contribution in [3.63, 3.8) is 0 Å². The lowest BCUT2D eigenvalue weighted by Gasteiger charge is -2.25. The molecular weight excluding hydrogens is 543 g/mol. The molecule has 0 heterocycles. The Morgan fingerprint density at radius 3 is 2.22 bits per heavy atom. The molecule has 2 aliphatic carbocycles. The highest BCUT2D eigenvalue weighted by molar-refractivity contribution is 7.89. The minimum atomic E-state index is -4.72. The number of carbonyl (C=O) groups is 2. The smallest absolute Gasteiger partial charge is 0.349 e. The zero-order valence-electron chi connectivity index (χ0n) is 19.1. The largest absolute Gasteiger partial charge is 0.416 e. The fourth-order valence-electron chi connectivity index (χ4n) is 4.82. The van der Waals surface area contributed by atoms with Crippen LogP contribution in [0.2, 0.25) is 5.02 Å². The van der Waals surface area contributed by atoms with Gasteiger partial charge in [-0.05, 0) is 55.9 Å². The number of rotatable bonds is 7. The van der Waals surface area contributed by atoms with Crippen LogP contribution in [0.3, 0.4) is 0 Å². The van der Waals surface area contributed by atoms with Crippen molar-refractivity contribution in [2.24, 2.45) is 22.9 Å². The van der Waals surface area contributed by atoms with Gasteiger partial charge in [0.15, 0.2) is 5.78 Å². The molecule has 0 aliphatic heterocycles. The summed E-state index contributed by atoms with van der Waals surface area (Å²) in [6, 6.07) is 2.67.